The predicted octanol–water partition coefficient (Wildman–Crippen LogP) is 4.34. The van der Waals surface area contributed by atoms with Gasteiger partial charge >= 0.3 is 0 Å². The molecule has 10 heteroatoms. The van der Waals surface area contributed by atoms with Crippen LogP contribution in [-0.2, 0) is 9.53 Å². The normalized spacial score (nSPS) is 22.7. The van der Waals surface area contributed by atoms with E-state index in [4.69, 9.17) is 14.2 Å². The SMILES string of the molecule is COCCN(C[C@@H]1CCCN2CCCC[C@H]12)C(=O)CCCN1C(=O)c2ccccc2N2C(=O)c3c(ccc(OC)c3OC)[C@H]12. The van der Waals surface area contributed by atoms with Crippen molar-refractivity contribution in [1.82, 2.24) is 14.7 Å². The number of piperidine rings is 2. The highest BCUT2D eigenvalue weighted by Crippen LogP contribution is 2.49. The van der Waals surface area contributed by atoms with Gasteiger partial charge < -0.3 is 28.9 Å². The largest absolute Gasteiger partial charge is 0.493 e. The lowest BCUT2D eigenvalue weighted by Gasteiger charge is -2.45. The Morgan fingerprint density at radius 3 is 2.57 bits per heavy atom. The maximum Gasteiger partial charge on any atom is 0.264 e. The van der Waals surface area contributed by atoms with Crippen LogP contribution in [0.15, 0.2) is 36.4 Å². The number of rotatable bonds is 11. The Bertz CT molecular complexity index is 1400. The molecule has 2 aromatic rings. The van der Waals surface area contributed by atoms with Crippen LogP contribution in [0, 0.1) is 5.92 Å². The monoisotopic (exact) mass is 604 g/mol. The standard InChI is InChI=1S/C34H44N4O6/c1-42-21-20-36(22-23-10-8-18-35-17-7-6-12-26(23)35)29(39)14-9-19-37-32-25-15-16-28(43-2)31(44-3)30(25)34(41)38(32)27-13-5-4-11-24(27)33(37)40/h4-5,11,13,15-16,23,26,32H,6-10,12,14,17-22H2,1-3H3/t23-,26+,32+/m0/s1. The van der Waals surface area contributed by atoms with E-state index < -0.39 is 6.17 Å². The van der Waals surface area contributed by atoms with Gasteiger partial charge in [-0.15, -0.1) is 0 Å². The van der Waals surface area contributed by atoms with Gasteiger partial charge in [0.1, 0.15) is 6.17 Å². The summed E-state index contributed by atoms with van der Waals surface area (Å²) in [6, 6.07) is 11.4. The van der Waals surface area contributed by atoms with E-state index in [9.17, 15) is 14.4 Å². The van der Waals surface area contributed by atoms with Gasteiger partial charge in [0, 0.05) is 44.8 Å². The van der Waals surface area contributed by atoms with Crippen LogP contribution in [0.2, 0.25) is 0 Å². The summed E-state index contributed by atoms with van der Waals surface area (Å²) in [5.41, 5.74) is 2.14. The molecule has 3 amide bonds. The molecule has 0 bridgehead atoms. The number of ether oxygens (including phenoxy) is 3. The Labute approximate surface area is 259 Å². The minimum atomic E-state index is -0.626. The molecule has 4 aliphatic heterocycles. The van der Waals surface area contributed by atoms with Gasteiger partial charge in [-0.2, -0.15) is 0 Å². The second-order valence-corrected chi connectivity index (χ2v) is 12.3. The minimum absolute atomic E-state index is 0.0889. The molecule has 236 valence electrons. The van der Waals surface area contributed by atoms with Crippen molar-refractivity contribution in [3.05, 3.63) is 53.1 Å². The van der Waals surface area contributed by atoms with Gasteiger partial charge in [0.2, 0.25) is 5.91 Å². The lowest BCUT2D eigenvalue weighted by Crippen LogP contribution is -2.52. The van der Waals surface area contributed by atoms with Crippen molar-refractivity contribution in [3.63, 3.8) is 0 Å². The molecular weight excluding hydrogens is 560 g/mol. The third kappa shape index (κ3) is 5.43. The summed E-state index contributed by atoms with van der Waals surface area (Å²) >= 11 is 0. The third-order valence-electron chi connectivity index (χ3n) is 9.87. The van der Waals surface area contributed by atoms with Crippen LogP contribution in [0.1, 0.15) is 77.4 Å². The van der Waals surface area contributed by atoms with E-state index in [1.807, 2.05) is 23.1 Å². The van der Waals surface area contributed by atoms with E-state index in [-0.39, 0.29) is 17.7 Å². The van der Waals surface area contributed by atoms with Crippen LogP contribution in [0.3, 0.4) is 0 Å². The molecule has 0 aromatic heterocycles. The van der Waals surface area contributed by atoms with Crippen molar-refractivity contribution in [2.75, 3.05) is 65.6 Å². The molecule has 4 heterocycles. The second-order valence-electron chi connectivity index (χ2n) is 12.3. The highest BCUT2D eigenvalue weighted by molar-refractivity contribution is 6.18. The van der Waals surface area contributed by atoms with Gasteiger partial charge in [-0.05, 0) is 69.3 Å². The fourth-order valence-electron chi connectivity index (χ4n) is 7.80. The highest BCUT2D eigenvalue weighted by Gasteiger charge is 2.49. The molecule has 10 nitrogen and oxygen atoms in total. The molecule has 0 unspecified atom stereocenters. The van der Waals surface area contributed by atoms with Crippen LogP contribution in [-0.4, -0.2) is 99.1 Å². The van der Waals surface area contributed by atoms with E-state index in [1.165, 1.54) is 53.0 Å². The lowest BCUT2D eigenvalue weighted by molar-refractivity contribution is -0.133. The van der Waals surface area contributed by atoms with Crippen molar-refractivity contribution in [2.45, 2.75) is 57.2 Å². The highest BCUT2D eigenvalue weighted by atomic mass is 16.5. The number of para-hydroxylation sites is 1. The third-order valence-corrected chi connectivity index (χ3v) is 9.87. The predicted molar refractivity (Wildman–Crippen MR) is 166 cm³/mol. The quantitative estimate of drug-likeness (QED) is 0.377. The van der Waals surface area contributed by atoms with Gasteiger partial charge in [0.25, 0.3) is 11.8 Å². The summed E-state index contributed by atoms with van der Waals surface area (Å²) in [6.45, 7) is 4.48. The van der Waals surface area contributed by atoms with Crippen molar-refractivity contribution < 1.29 is 28.6 Å². The number of anilines is 1. The zero-order valence-corrected chi connectivity index (χ0v) is 26.1. The van der Waals surface area contributed by atoms with Crippen molar-refractivity contribution in [2.24, 2.45) is 5.92 Å². The average molecular weight is 605 g/mol. The first-order valence-electron chi connectivity index (χ1n) is 16.0. The van der Waals surface area contributed by atoms with Gasteiger partial charge in [0.05, 0.1) is 37.6 Å². The zero-order chi connectivity index (χ0) is 30.8. The maximum absolute atomic E-state index is 13.9. The summed E-state index contributed by atoms with van der Waals surface area (Å²) in [5.74, 6) is 0.994. The van der Waals surface area contributed by atoms with Gasteiger partial charge in [-0.3, -0.25) is 19.3 Å². The van der Waals surface area contributed by atoms with Crippen LogP contribution in [0.25, 0.3) is 0 Å². The number of carbonyl (C=O) groups is 3. The van der Waals surface area contributed by atoms with Crippen molar-refractivity contribution in [3.8, 4) is 11.5 Å². The fourth-order valence-corrected chi connectivity index (χ4v) is 7.80. The molecule has 2 aromatic carbocycles. The van der Waals surface area contributed by atoms with E-state index in [0.29, 0.717) is 78.4 Å². The van der Waals surface area contributed by atoms with Gasteiger partial charge in [-0.25, -0.2) is 0 Å². The molecule has 2 fully saturated rings. The fraction of sp³-hybridized carbons (Fsp3) is 0.559. The smallest absolute Gasteiger partial charge is 0.264 e. The summed E-state index contributed by atoms with van der Waals surface area (Å²) in [4.78, 5) is 49.6. The number of hydrogen-bond acceptors (Lipinski definition) is 7. The van der Waals surface area contributed by atoms with Gasteiger partial charge in [0.15, 0.2) is 11.5 Å². The molecule has 44 heavy (non-hydrogen) atoms. The number of hydrogen-bond donors (Lipinski definition) is 0. The Balaban J connectivity index is 1.21. The lowest BCUT2D eigenvalue weighted by atomic mass is 9.83. The van der Waals surface area contributed by atoms with E-state index in [0.717, 1.165) is 13.0 Å². The minimum Gasteiger partial charge on any atom is -0.493 e. The summed E-state index contributed by atoms with van der Waals surface area (Å²) in [6.07, 6.45) is 6.25. The molecule has 0 radical (unpaired) electrons. The number of carbonyl (C=O) groups excluding carboxylic acids is 3. The van der Waals surface area contributed by atoms with E-state index in [2.05, 4.69) is 4.90 Å². The van der Waals surface area contributed by atoms with Crippen LogP contribution in [0.4, 0.5) is 5.69 Å². The van der Waals surface area contributed by atoms with Crippen molar-refractivity contribution in [1.29, 1.82) is 0 Å². The average Bonchev–Trinajstić information content (AvgIpc) is 3.36. The van der Waals surface area contributed by atoms with Crippen LogP contribution in [0.5, 0.6) is 11.5 Å². The van der Waals surface area contributed by atoms with Crippen molar-refractivity contribution >= 4 is 23.4 Å². The molecule has 0 aliphatic carbocycles. The molecule has 3 atom stereocenters. The molecule has 4 aliphatic rings. The first kappa shape index (κ1) is 30.4. The molecule has 0 spiro atoms. The number of nitrogens with zero attached hydrogens (tertiary/aromatic N) is 4. The van der Waals surface area contributed by atoms with E-state index in [1.54, 1.807) is 35.1 Å². The molecule has 6 rings (SSSR count). The molecule has 2 saturated heterocycles. The van der Waals surface area contributed by atoms with Crippen LogP contribution < -0.4 is 14.4 Å². The zero-order valence-electron chi connectivity index (χ0n) is 26.1. The first-order chi connectivity index (χ1) is 21.5. The molecular formula is C34H44N4O6. The number of amides is 3. The van der Waals surface area contributed by atoms with Gasteiger partial charge in [-0.1, -0.05) is 24.6 Å². The second kappa shape index (κ2) is 13.2. The number of methoxy groups -OCH3 is 3. The molecule has 0 saturated carbocycles. The molecule has 0 N–H and O–H groups in total. The number of benzene rings is 2. The topological polar surface area (TPSA) is 91.9 Å². The Kier molecular flexibility index (Phi) is 9.09. The maximum atomic E-state index is 13.9. The Morgan fingerprint density at radius 1 is 0.955 bits per heavy atom. The van der Waals surface area contributed by atoms with E-state index >= 15 is 0 Å². The summed E-state index contributed by atoms with van der Waals surface area (Å²) in [7, 11) is 4.72. The Morgan fingerprint density at radius 2 is 1.77 bits per heavy atom. The summed E-state index contributed by atoms with van der Waals surface area (Å²) in [5, 5.41) is 0. The Hall–Kier alpha value is -3.63. The first-order valence-corrected chi connectivity index (χ1v) is 16.0. The number of fused-ring (bicyclic) bond motifs is 6. The van der Waals surface area contributed by atoms with Crippen LogP contribution >= 0.6 is 0 Å². The summed E-state index contributed by atoms with van der Waals surface area (Å²) < 4.78 is 16.5.